The molecule has 0 aromatic heterocycles. The number of benzene rings is 2. The summed E-state index contributed by atoms with van der Waals surface area (Å²) in [5, 5.41) is 1.49. The lowest BCUT2D eigenvalue weighted by Gasteiger charge is -1.93. The van der Waals surface area contributed by atoms with Crippen LogP contribution in [0.1, 0.15) is 11.1 Å². The monoisotopic (exact) mass is 274 g/mol. The quantitative estimate of drug-likeness (QED) is 0.628. The summed E-state index contributed by atoms with van der Waals surface area (Å²) >= 11 is 11.8. The van der Waals surface area contributed by atoms with E-state index in [2.05, 4.69) is 0 Å². The van der Waals surface area contributed by atoms with Gasteiger partial charge in [0.2, 0.25) is 0 Å². The van der Waals surface area contributed by atoms with Crippen LogP contribution >= 0.6 is 23.2 Å². The Morgan fingerprint density at radius 1 is 0.667 bits per heavy atom. The van der Waals surface area contributed by atoms with E-state index < -0.39 is 0 Å². The molecule has 0 saturated carbocycles. The molecule has 0 aliphatic carbocycles. The van der Waals surface area contributed by atoms with Gasteiger partial charge < -0.3 is 0 Å². The molecule has 18 heavy (non-hydrogen) atoms. The van der Waals surface area contributed by atoms with Crippen LogP contribution in [0.2, 0.25) is 10.0 Å². The van der Waals surface area contributed by atoms with Gasteiger partial charge in [0.1, 0.15) is 0 Å². The van der Waals surface area contributed by atoms with E-state index in [9.17, 15) is 0 Å². The Kier molecular flexibility index (Phi) is 4.63. The molecule has 0 atom stereocenters. The summed E-state index contributed by atoms with van der Waals surface area (Å²) in [6.45, 7) is 0. The van der Waals surface area contributed by atoms with Crippen LogP contribution in [0.25, 0.3) is 12.2 Å². The third kappa shape index (κ3) is 4.06. The highest BCUT2D eigenvalue weighted by atomic mass is 35.5. The first-order valence-corrected chi connectivity index (χ1v) is 6.35. The number of hydrogen-bond donors (Lipinski definition) is 0. The molecule has 0 fully saturated rings. The van der Waals surface area contributed by atoms with Crippen molar-refractivity contribution in [3.8, 4) is 0 Å². The van der Waals surface area contributed by atoms with Crippen LogP contribution in [0.5, 0.6) is 0 Å². The zero-order valence-electron chi connectivity index (χ0n) is 9.68. The normalized spacial score (nSPS) is 11.4. The molecule has 2 rings (SSSR count). The molecule has 0 bridgehead atoms. The topological polar surface area (TPSA) is 0 Å². The predicted octanol–water partition coefficient (Wildman–Crippen LogP) is 5.72. The van der Waals surface area contributed by atoms with Crippen molar-refractivity contribution in [2.75, 3.05) is 0 Å². The molecule has 0 amide bonds. The van der Waals surface area contributed by atoms with Gasteiger partial charge >= 0.3 is 0 Å². The fraction of sp³-hybridized carbons (Fsp3) is 0. The molecule has 0 nitrogen and oxygen atoms in total. The van der Waals surface area contributed by atoms with Gasteiger partial charge in [0, 0.05) is 10.0 Å². The van der Waals surface area contributed by atoms with Gasteiger partial charge in [-0.2, -0.15) is 0 Å². The van der Waals surface area contributed by atoms with E-state index in [1.54, 1.807) is 0 Å². The van der Waals surface area contributed by atoms with Crippen molar-refractivity contribution >= 4 is 35.4 Å². The maximum atomic E-state index is 5.90. The summed E-state index contributed by atoms with van der Waals surface area (Å²) < 4.78 is 0. The molecular formula is C16H12Cl2. The van der Waals surface area contributed by atoms with Crippen molar-refractivity contribution in [2.24, 2.45) is 0 Å². The van der Waals surface area contributed by atoms with Crippen molar-refractivity contribution in [1.82, 2.24) is 0 Å². The Labute approximate surface area is 117 Å². The minimum atomic E-state index is 0.746. The fourth-order valence-electron chi connectivity index (χ4n) is 1.55. The Morgan fingerprint density at radius 3 is 1.50 bits per heavy atom. The zero-order chi connectivity index (χ0) is 12.8. The number of allylic oxidation sites excluding steroid dienone is 2. The molecule has 0 aliphatic heterocycles. The van der Waals surface area contributed by atoms with Gasteiger partial charge in [-0.15, -0.1) is 0 Å². The second kappa shape index (κ2) is 6.44. The first kappa shape index (κ1) is 12.9. The van der Waals surface area contributed by atoms with Crippen molar-refractivity contribution < 1.29 is 0 Å². The van der Waals surface area contributed by atoms with Crippen LogP contribution in [0.3, 0.4) is 0 Å². The maximum Gasteiger partial charge on any atom is 0.0411 e. The molecule has 0 aliphatic rings. The van der Waals surface area contributed by atoms with Crippen molar-refractivity contribution in [1.29, 1.82) is 0 Å². The summed E-state index contributed by atoms with van der Waals surface area (Å²) in [6, 6.07) is 15.5. The van der Waals surface area contributed by atoms with E-state index >= 15 is 0 Å². The Morgan fingerprint density at radius 2 is 1.11 bits per heavy atom. The van der Waals surface area contributed by atoms with Crippen LogP contribution < -0.4 is 0 Å². The van der Waals surface area contributed by atoms with Gasteiger partial charge in [0.15, 0.2) is 0 Å². The third-order valence-electron chi connectivity index (χ3n) is 2.39. The largest absolute Gasteiger partial charge is 0.0843 e. The van der Waals surface area contributed by atoms with Gasteiger partial charge in [-0.3, -0.25) is 0 Å². The smallest absolute Gasteiger partial charge is 0.0411 e. The SMILES string of the molecule is Clc1cccc(/C=C\C=C\c2cccc(Cl)c2)c1. The van der Waals surface area contributed by atoms with Crippen LogP contribution in [0.15, 0.2) is 60.7 Å². The average molecular weight is 275 g/mol. The van der Waals surface area contributed by atoms with Crippen molar-refractivity contribution in [2.45, 2.75) is 0 Å². The van der Waals surface area contributed by atoms with Gasteiger partial charge in [-0.25, -0.2) is 0 Å². The zero-order valence-corrected chi connectivity index (χ0v) is 11.2. The van der Waals surface area contributed by atoms with Crippen molar-refractivity contribution in [3.63, 3.8) is 0 Å². The molecule has 2 aromatic carbocycles. The van der Waals surface area contributed by atoms with Gasteiger partial charge in [0.25, 0.3) is 0 Å². The fourth-order valence-corrected chi connectivity index (χ4v) is 1.95. The van der Waals surface area contributed by atoms with E-state index in [-0.39, 0.29) is 0 Å². The molecule has 0 radical (unpaired) electrons. The minimum absolute atomic E-state index is 0.746. The summed E-state index contributed by atoms with van der Waals surface area (Å²) in [7, 11) is 0. The van der Waals surface area contributed by atoms with Gasteiger partial charge in [-0.1, -0.05) is 71.8 Å². The standard InChI is InChI=1S/C16H12Cl2/c17-15-9-3-7-13(11-15)5-1-2-6-14-8-4-10-16(18)12-14/h1-12H/b5-1-,6-2+. The summed E-state index contributed by atoms with van der Waals surface area (Å²) in [5.74, 6) is 0. The maximum absolute atomic E-state index is 5.90. The molecule has 0 spiro atoms. The Bertz CT molecular complexity index is 530. The number of rotatable bonds is 3. The van der Waals surface area contributed by atoms with Crippen LogP contribution in [-0.2, 0) is 0 Å². The van der Waals surface area contributed by atoms with E-state index in [0.717, 1.165) is 21.2 Å². The van der Waals surface area contributed by atoms with E-state index in [0.29, 0.717) is 0 Å². The van der Waals surface area contributed by atoms with E-state index in [1.165, 1.54) is 0 Å². The highest BCUT2D eigenvalue weighted by molar-refractivity contribution is 6.31. The second-order valence-corrected chi connectivity index (χ2v) is 4.70. The predicted molar refractivity (Wildman–Crippen MR) is 81.0 cm³/mol. The van der Waals surface area contributed by atoms with Crippen LogP contribution in [0.4, 0.5) is 0 Å². The lowest BCUT2D eigenvalue weighted by molar-refractivity contribution is 1.65. The number of halogens is 2. The third-order valence-corrected chi connectivity index (χ3v) is 2.86. The van der Waals surface area contributed by atoms with Gasteiger partial charge in [0.05, 0.1) is 0 Å². The summed E-state index contributed by atoms with van der Waals surface area (Å²) in [6.07, 6.45) is 7.97. The first-order valence-electron chi connectivity index (χ1n) is 5.60. The van der Waals surface area contributed by atoms with Crippen molar-refractivity contribution in [3.05, 3.63) is 81.9 Å². The number of hydrogen-bond acceptors (Lipinski definition) is 0. The van der Waals surface area contributed by atoms with Gasteiger partial charge in [-0.05, 0) is 35.4 Å². The second-order valence-electron chi connectivity index (χ2n) is 3.83. The molecule has 2 aromatic rings. The van der Waals surface area contributed by atoms with E-state index in [1.807, 2.05) is 72.8 Å². The molecule has 0 saturated heterocycles. The highest BCUT2D eigenvalue weighted by Gasteiger charge is 1.88. The summed E-state index contributed by atoms with van der Waals surface area (Å²) in [5.41, 5.74) is 2.16. The molecule has 0 heterocycles. The Hall–Kier alpha value is -1.50. The lowest BCUT2D eigenvalue weighted by Crippen LogP contribution is -1.71. The molecule has 2 heteroatoms. The molecule has 90 valence electrons. The lowest BCUT2D eigenvalue weighted by atomic mass is 10.2. The molecule has 0 N–H and O–H groups in total. The molecular weight excluding hydrogens is 263 g/mol. The average Bonchev–Trinajstić information content (AvgIpc) is 2.35. The minimum Gasteiger partial charge on any atom is -0.0843 e. The highest BCUT2D eigenvalue weighted by Crippen LogP contribution is 2.13. The van der Waals surface area contributed by atoms with Crippen LogP contribution in [-0.4, -0.2) is 0 Å². The Balaban J connectivity index is 2.03. The molecule has 0 unspecified atom stereocenters. The van der Waals surface area contributed by atoms with E-state index in [4.69, 9.17) is 23.2 Å². The summed E-state index contributed by atoms with van der Waals surface area (Å²) in [4.78, 5) is 0. The van der Waals surface area contributed by atoms with Crippen LogP contribution in [0, 0.1) is 0 Å². The first-order chi connectivity index (χ1) is 8.74.